The van der Waals surface area contributed by atoms with E-state index in [1.807, 2.05) is 0 Å². The Morgan fingerprint density at radius 3 is 0.943 bits per heavy atom. The number of amides is 4. The number of nitrogens with two attached hydrogens (primary N) is 8. The maximum Gasteiger partial charge on any atom is 0.420 e. The smallest absolute Gasteiger partial charge is 0.420 e. The summed E-state index contributed by atoms with van der Waals surface area (Å²) in [4.78, 5) is 41.8. The minimum absolute atomic E-state index is 0.00463. The van der Waals surface area contributed by atoms with Crippen LogP contribution in [-0.4, -0.2) is 88.5 Å². The van der Waals surface area contributed by atoms with E-state index < -0.39 is 47.0 Å². The first-order chi connectivity index (χ1) is 33.1. The van der Waals surface area contributed by atoms with E-state index in [0.29, 0.717) is 63.5 Å². The van der Waals surface area contributed by atoms with E-state index in [0.717, 1.165) is 12.1 Å². The molecule has 4 amide bonds. The number of ether oxygens (including phenoxy) is 4. The number of halogens is 6. The molecule has 0 saturated carbocycles. The van der Waals surface area contributed by atoms with Crippen LogP contribution in [0.3, 0.4) is 0 Å². The number of carbonyl (C=O) groups is 2. The average Bonchev–Trinajstić information content (AvgIpc) is 3.26. The predicted molar refractivity (Wildman–Crippen MR) is 256 cm³/mol. The Morgan fingerprint density at radius 1 is 0.414 bits per heavy atom. The number of rotatable bonds is 28. The van der Waals surface area contributed by atoms with Crippen LogP contribution >= 0.6 is 0 Å². The van der Waals surface area contributed by atoms with Crippen molar-refractivity contribution in [1.29, 1.82) is 0 Å². The summed E-state index contributed by atoms with van der Waals surface area (Å²) >= 11 is 0. The first kappa shape index (κ1) is 56.4. The lowest BCUT2D eigenvalue weighted by molar-refractivity contribution is -0.139. The van der Waals surface area contributed by atoms with Crippen molar-refractivity contribution in [3.63, 3.8) is 0 Å². The molecule has 70 heavy (non-hydrogen) atoms. The molecule has 3 aromatic carbocycles. The highest BCUT2D eigenvalue weighted by Crippen LogP contribution is 2.44. The maximum absolute atomic E-state index is 14.3. The lowest BCUT2D eigenvalue weighted by atomic mass is 10.1. The number of carbonyl (C=O) groups excluding carboxylic acids is 2. The standard InChI is InChI=1S/C42H60F6N16O6/c43-41(44,45)27-21-29(33(69-19-7-3-15-59-37(53)54)23-31(27)67-17-5-1-13-57-35(49)50)63-39(65)61-25-9-11-26(12-10-25)62-40(66)64-30-22-28(42(46,47)48)32(68-18-6-2-14-58-36(51)52)24-34(30)70-20-8-4-16-60-38(55)56/h9-12,21-24H,1-8,13-20H2,(H4,49,50,57)(H4,51,52,58)(H4,53,54,59)(H4,55,56,60)(H2,61,63,65)(H2,62,64,66). The number of urea groups is 2. The topological polar surface area (TPSA) is 377 Å². The van der Waals surface area contributed by atoms with E-state index in [2.05, 4.69) is 41.2 Å². The fourth-order valence-electron chi connectivity index (χ4n) is 5.86. The van der Waals surface area contributed by atoms with Gasteiger partial charge in [-0.1, -0.05) is 0 Å². The minimum atomic E-state index is -4.91. The van der Waals surface area contributed by atoms with E-state index in [1.165, 1.54) is 24.3 Å². The lowest BCUT2D eigenvalue weighted by Gasteiger charge is -2.20. The van der Waals surface area contributed by atoms with Crippen LogP contribution in [0.15, 0.2) is 68.5 Å². The molecule has 28 heteroatoms. The zero-order chi connectivity index (χ0) is 51.7. The molecule has 0 bridgehead atoms. The fraction of sp³-hybridized carbons (Fsp3) is 0.429. The van der Waals surface area contributed by atoms with Gasteiger partial charge in [0.05, 0.1) is 48.9 Å². The molecule has 386 valence electrons. The van der Waals surface area contributed by atoms with Crippen LogP contribution in [0.4, 0.5) is 58.7 Å². The molecule has 22 nitrogen and oxygen atoms in total. The highest BCUT2D eigenvalue weighted by Gasteiger charge is 2.37. The molecule has 3 rings (SSSR count). The monoisotopic (exact) mass is 998 g/mol. The third kappa shape index (κ3) is 21.8. The van der Waals surface area contributed by atoms with Gasteiger partial charge in [-0.25, -0.2) is 9.59 Å². The molecule has 0 spiro atoms. The third-order valence-electron chi connectivity index (χ3n) is 9.09. The summed E-state index contributed by atoms with van der Waals surface area (Å²) in [7, 11) is 0. The highest BCUT2D eigenvalue weighted by molar-refractivity contribution is 6.02. The Hall–Kier alpha value is -7.94. The molecular weight excluding hydrogens is 939 g/mol. The van der Waals surface area contributed by atoms with E-state index in [1.54, 1.807) is 0 Å². The quantitative estimate of drug-likeness (QED) is 0.0202. The van der Waals surface area contributed by atoms with Gasteiger partial charge < -0.3 is 86.1 Å². The molecule has 0 unspecified atom stereocenters. The number of hydrogen-bond acceptors (Lipinski definition) is 10. The summed E-state index contributed by atoms with van der Waals surface area (Å²) in [6, 6.07) is 6.83. The predicted octanol–water partition coefficient (Wildman–Crippen LogP) is 4.74. The largest absolute Gasteiger partial charge is 0.493 e. The molecule has 0 aliphatic heterocycles. The van der Waals surface area contributed by atoms with Gasteiger partial charge in [0.25, 0.3) is 0 Å². The van der Waals surface area contributed by atoms with Crippen molar-refractivity contribution in [2.45, 2.75) is 63.7 Å². The Balaban J connectivity index is 1.78. The van der Waals surface area contributed by atoms with Crippen molar-refractivity contribution in [2.24, 2.45) is 65.8 Å². The lowest BCUT2D eigenvalue weighted by Crippen LogP contribution is -2.23. The first-order valence-corrected chi connectivity index (χ1v) is 21.6. The second kappa shape index (κ2) is 28.4. The molecular formula is C42H60F6N16O6. The fourth-order valence-corrected chi connectivity index (χ4v) is 5.86. The summed E-state index contributed by atoms with van der Waals surface area (Å²) in [5.74, 6) is -1.83. The van der Waals surface area contributed by atoms with Crippen LogP contribution in [-0.2, 0) is 12.4 Å². The molecule has 20 N–H and O–H groups in total. The van der Waals surface area contributed by atoms with Crippen LogP contribution in [0, 0.1) is 0 Å². The summed E-state index contributed by atoms with van der Waals surface area (Å²) in [6.45, 7) is 0.812. The number of nitrogens with zero attached hydrogens (tertiary/aromatic N) is 4. The molecule has 0 aliphatic rings. The number of unbranched alkanes of at least 4 members (excludes halogenated alkanes) is 4. The molecule has 0 atom stereocenters. The summed E-state index contributed by atoms with van der Waals surface area (Å²) < 4.78 is 109. The van der Waals surface area contributed by atoms with E-state index in [9.17, 15) is 35.9 Å². The number of nitrogens with one attached hydrogen (secondary N) is 4. The number of aliphatic imine (C=N–C) groups is 4. The van der Waals surface area contributed by atoms with Gasteiger partial charge in [-0.15, -0.1) is 0 Å². The third-order valence-corrected chi connectivity index (χ3v) is 9.09. The van der Waals surface area contributed by atoms with E-state index in [4.69, 9.17) is 64.8 Å². The Labute approximate surface area is 399 Å². The molecule has 3 aromatic rings. The first-order valence-electron chi connectivity index (χ1n) is 21.6. The summed E-state index contributed by atoms with van der Waals surface area (Å²) in [5, 5.41) is 9.72. The maximum atomic E-state index is 14.3. The van der Waals surface area contributed by atoms with E-state index >= 15 is 0 Å². The van der Waals surface area contributed by atoms with Gasteiger partial charge in [0.2, 0.25) is 0 Å². The molecule has 0 saturated heterocycles. The van der Waals surface area contributed by atoms with Crippen molar-refractivity contribution in [3.05, 3.63) is 59.7 Å². The number of hydrogen-bond donors (Lipinski definition) is 12. The normalized spacial score (nSPS) is 11.1. The Kier molecular flexibility index (Phi) is 22.9. The van der Waals surface area contributed by atoms with Gasteiger partial charge in [-0.3, -0.25) is 20.0 Å². The van der Waals surface area contributed by atoms with Crippen molar-refractivity contribution >= 4 is 58.6 Å². The van der Waals surface area contributed by atoms with E-state index in [-0.39, 0.29) is 111 Å². The highest BCUT2D eigenvalue weighted by atomic mass is 19.4. The zero-order valence-electron chi connectivity index (χ0n) is 38.1. The Bertz CT molecular complexity index is 2110. The zero-order valence-corrected chi connectivity index (χ0v) is 38.1. The molecule has 0 aromatic heterocycles. The van der Waals surface area contributed by atoms with Crippen LogP contribution < -0.4 is 86.1 Å². The molecule has 0 heterocycles. The van der Waals surface area contributed by atoms with Gasteiger partial charge in [-0.05, 0) is 87.8 Å². The minimum Gasteiger partial charge on any atom is -0.493 e. The molecule has 0 aliphatic carbocycles. The van der Waals surface area contributed by atoms with Crippen molar-refractivity contribution in [3.8, 4) is 23.0 Å². The van der Waals surface area contributed by atoms with Crippen LogP contribution in [0.2, 0.25) is 0 Å². The molecule has 0 fully saturated rings. The van der Waals surface area contributed by atoms with Crippen LogP contribution in [0.5, 0.6) is 23.0 Å². The second-order valence-electron chi connectivity index (χ2n) is 14.9. The van der Waals surface area contributed by atoms with Crippen molar-refractivity contribution < 1.29 is 54.9 Å². The SMILES string of the molecule is NC(N)=NCCCCOc1cc(OCCCCN=C(N)N)c(C(F)(F)F)cc1NC(=O)Nc1ccc(NC(=O)Nc2cc(C(F)(F)F)c(OCCCCN=C(N)N)cc2OCCCCN=C(N)N)cc1. The van der Waals surface area contributed by atoms with Gasteiger partial charge in [-0.2, -0.15) is 26.3 Å². The van der Waals surface area contributed by atoms with Gasteiger partial charge >= 0.3 is 24.4 Å². The summed E-state index contributed by atoms with van der Waals surface area (Å²) in [5.41, 5.74) is 39.8. The molecule has 0 radical (unpaired) electrons. The Morgan fingerprint density at radius 2 is 0.686 bits per heavy atom. The van der Waals surface area contributed by atoms with Gasteiger partial charge in [0.1, 0.15) is 23.0 Å². The number of alkyl halides is 6. The van der Waals surface area contributed by atoms with Crippen molar-refractivity contribution in [1.82, 2.24) is 0 Å². The number of anilines is 4. The second-order valence-corrected chi connectivity index (χ2v) is 14.9. The summed E-state index contributed by atoms with van der Waals surface area (Å²) in [6.07, 6.45) is -6.62. The van der Waals surface area contributed by atoms with Gasteiger partial charge in [0.15, 0.2) is 23.8 Å². The number of guanidine groups is 4. The van der Waals surface area contributed by atoms with Crippen molar-refractivity contribution in [2.75, 3.05) is 73.9 Å². The average molecular weight is 999 g/mol. The van der Waals surface area contributed by atoms with Crippen LogP contribution in [0.25, 0.3) is 0 Å². The van der Waals surface area contributed by atoms with Gasteiger partial charge in [0, 0.05) is 49.7 Å². The van der Waals surface area contributed by atoms with Crippen LogP contribution in [0.1, 0.15) is 62.5 Å². The number of benzene rings is 3.